The fraction of sp³-hybridized carbons (Fsp3) is 0.500. The fourth-order valence-electron chi connectivity index (χ4n) is 1.25. The standard InChI is InChI=1S/C14H21ClO2Si/c1-14(2,3)18(4,5)17-10-11-6-7-13(15)12(8-11)9-16/h6-9H,10H2,1-5H3. The lowest BCUT2D eigenvalue weighted by Gasteiger charge is -2.36. The van der Waals surface area contributed by atoms with Gasteiger partial charge in [-0.05, 0) is 35.8 Å². The average Bonchev–Trinajstić information content (AvgIpc) is 2.26. The molecule has 0 spiro atoms. The molecule has 1 aromatic rings. The van der Waals surface area contributed by atoms with Crippen LogP contribution in [0.25, 0.3) is 0 Å². The summed E-state index contributed by atoms with van der Waals surface area (Å²) < 4.78 is 6.10. The minimum absolute atomic E-state index is 0.187. The molecule has 0 radical (unpaired) electrons. The first-order valence-electron chi connectivity index (χ1n) is 6.05. The predicted molar refractivity (Wildman–Crippen MR) is 78.8 cm³/mol. The first-order valence-corrected chi connectivity index (χ1v) is 9.33. The number of carbonyl (C=O) groups is 1. The molecule has 0 unspecified atom stereocenters. The largest absolute Gasteiger partial charge is 0.413 e. The summed E-state index contributed by atoms with van der Waals surface area (Å²) in [5.74, 6) is 0. The Kier molecular flexibility index (Phi) is 4.76. The van der Waals surface area contributed by atoms with Gasteiger partial charge in [0, 0.05) is 5.56 Å². The minimum Gasteiger partial charge on any atom is -0.413 e. The van der Waals surface area contributed by atoms with Gasteiger partial charge in [-0.2, -0.15) is 0 Å². The van der Waals surface area contributed by atoms with Crippen molar-refractivity contribution in [3.05, 3.63) is 34.3 Å². The first kappa shape index (κ1) is 15.4. The highest BCUT2D eigenvalue weighted by atomic mass is 35.5. The summed E-state index contributed by atoms with van der Waals surface area (Å²) in [5.41, 5.74) is 1.51. The fourth-order valence-corrected chi connectivity index (χ4v) is 2.38. The maximum absolute atomic E-state index is 10.8. The highest BCUT2D eigenvalue weighted by Gasteiger charge is 2.36. The molecule has 100 valence electrons. The Labute approximate surface area is 115 Å². The van der Waals surface area contributed by atoms with Gasteiger partial charge in [-0.15, -0.1) is 0 Å². The van der Waals surface area contributed by atoms with E-state index in [1.54, 1.807) is 12.1 Å². The monoisotopic (exact) mass is 284 g/mol. The van der Waals surface area contributed by atoms with Crippen molar-refractivity contribution in [2.45, 2.75) is 45.5 Å². The summed E-state index contributed by atoms with van der Waals surface area (Å²) in [6.45, 7) is 11.6. The van der Waals surface area contributed by atoms with Crippen LogP contribution < -0.4 is 0 Å². The van der Waals surface area contributed by atoms with Crippen LogP contribution >= 0.6 is 11.6 Å². The van der Waals surface area contributed by atoms with Gasteiger partial charge in [0.25, 0.3) is 0 Å². The van der Waals surface area contributed by atoms with Crippen LogP contribution in [0, 0.1) is 0 Å². The number of carbonyl (C=O) groups excluding carboxylic acids is 1. The normalized spacial score (nSPS) is 12.6. The van der Waals surface area contributed by atoms with Crippen LogP contribution in [-0.4, -0.2) is 14.6 Å². The Morgan fingerprint density at radius 3 is 2.44 bits per heavy atom. The number of hydrogen-bond donors (Lipinski definition) is 0. The van der Waals surface area contributed by atoms with Crippen LogP contribution in [0.2, 0.25) is 23.2 Å². The van der Waals surface area contributed by atoms with Crippen LogP contribution in [0.15, 0.2) is 18.2 Å². The molecule has 0 fully saturated rings. The zero-order chi connectivity index (χ0) is 14.0. The Bertz CT molecular complexity index is 436. The van der Waals surface area contributed by atoms with Crippen molar-refractivity contribution in [3.8, 4) is 0 Å². The molecule has 0 aromatic heterocycles. The second kappa shape index (κ2) is 5.55. The molecule has 2 nitrogen and oxygen atoms in total. The van der Waals surface area contributed by atoms with Crippen molar-refractivity contribution in [1.82, 2.24) is 0 Å². The average molecular weight is 285 g/mol. The molecule has 0 N–H and O–H groups in total. The van der Waals surface area contributed by atoms with E-state index in [0.29, 0.717) is 17.2 Å². The van der Waals surface area contributed by atoms with Gasteiger partial charge in [-0.1, -0.05) is 38.4 Å². The summed E-state index contributed by atoms with van der Waals surface area (Å²) in [6, 6.07) is 5.45. The minimum atomic E-state index is -1.75. The molecule has 1 rings (SSSR count). The van der Waals surface area contributed by atoms with Gasteiger partial charge >= 0.3 is 0 Å². The van der Waals surface area contributed by atoms with E-state index >= 15 is 0 Å². The van der Waals surface area contributed by atoms with E-state index in [2.05, 4.69) is 33.9 Å². The van der Waals surface area contributed by atoms with Crippen LogP contribution in [0.5, 0.6) is 0 Å². The molecule has 18 heavy (non-hydrogen) atoms. The summed E-state index contributed by atoms with van der Waals surface area (Å²) >= 11 is 5.90. The molecule has 4 heteroatoms. The van der Waals surface area contributed by atoms with E-state index in [1.807, 2.05) is 6.07 Å². The van der Waals surface area contributed by atoms with Crippen molar-refractivity contribution < 1.29 is 9.22 Å². The van der Waals surface area contributed by atoms with Gasteiger partial charge < -0.3 is 4.43 Å². The van der Waals surface area contributed by atoms with Crippen molar-refractivity contribution in [2.24, 2.45) is 0 Å². The van der Waals surface area contributed by atoms with Crippen molar-refractivity contribution >= 4 is 26.2 Å². The molecular weight excluding hydrogens is 264 g/mol. The second-order valence-electron chi connectivity index (χ2n) is 6.02. The van der Waals surface area contributed by atoms with E-state index in [9.17, 15) is 4.79 Å². The third-order valence-corrected chi connectivity index (χ3v) is 8.42. The third-order valence-electron chi connectivity index (χ3n) is 3.59. The van der Waals surface area contributed by atoms with Crippen LogP contribution in [-0.2, 0) is 11.0 Å². The molecule has 0 saturated heterocycles. The van der Waals surface area contributed by atoms with E-state index in [1.165, 1.54) is 0 Å². The third kappa shape index (κ3) is 3.67. The van der Waals surface area contributed by atoms with Gasteiger partial charge in [0.05, 0.1) is 11.6 Å². The lowest BCUT2D eigenvalue weighted by atomic mass is 10.1. The van der Waals surface area contributed by atoms with Crippen LogP contribution in [0.3, 0.4) is 0 Å². The molecule has 0 aliphatic carbocycles. The van der Waals surface area contributed by atoms with Crippen LogP contribution in [0.4, 0.5) is 0 Å². The molecule has 0 atom stereocenters. The first-order chi connectivity index (χ1) is 8.17. The molecule has 0 bridgehead atoms. The predicted octanol–water partition coefficient (Wildman–Crippen LogP) is 4.67. The Morgan fingerprint density at radius 1 is 1.33 bits per heavy atom. The number of benzene rings is 1. The van der Waals surface area contributed by atoms with Gasteiger partial charge in [0.2, 0.25) is 0 Å². The zero-order valence-corrected chi connectivity index (χ0v) is 13.5. The molecule has 0 aliphatic rings. The molecular formula is C14H21ClO2Si. The van der Waals surface area contributed by atoms with Crippen molar-refractivity contribution in [1.29, 1.82) is 0 Å². The van der Waals surface area contributed by atoms with Gasteiger partial charge in [0.1, 0.15) is 0 Å². The van der Waals surface area contributed by atoms with E-state index in [0.717, 1.165) is 11.8 Å². The SMILES string of the molecule is CC(C)(C)[Si](C)(C)OCc1ccc(Cl)c(C=O)c1. The summed E-state index contributed by atoms with van der Waals surface area (Å²) in [4.78, 5) is 10.8. The number of halogens is 1. The quantitative estimate of drug-likeness (QED) is 0.593. The molecule has 0 aliphatic heterocycles. The summed E-state index contributed by atoms with van der Waals surface area (Å²) in [7, 11) is -1.75. The van der Waals surface area contributed by atoms with Gasteiger partial charge in [0.15, 0.2) is 14.6 Å². The van der Waals surface area contributed by atoms with Gasteiger partial charge in [-0.25, -0.2) is 0 Å². The highest BCUT2D eigenvalue weighted by molar-refractivity contribution is 6.74. The number of aldehydes is 1. The molecule has 1 aromatic carbocycles. The van der Waals surface area contributed by atoms with Crippen molar-refractivity contribution in [3.63, 3.8) is 0 Å². The molecule has 0 saturated carbocycles. The lowest BCUT2D eigenvalue weighted by Crippen LogP contribution is -2.40. The zero-order valence-electron chi connectivity index (χ0n) is 11.7. The second-order valence-corrected chi connectivity index (χ2v) is 11.2. The number of hydrogen-bond acceptors (Lipinski definition) is 2. The number of rotatable bonds is 4. The van der Waals surface area contributed by atoms with E-state index in [-0.39, 0.29) is 5.04 Å². The maximum Gasteiger partial charge on any atom is 0.192 e. The van der Waals surface area contributed by atoms with E-state index < -0.39 is 8.32 Å². The molecule has 0 amide bonds. The highest BCUT2D eigenvalue weighted by Crippen LogP contribution is 2.37. The Morgan fingerprint density at radius 2 is 1.94 bits per heavy atom. The summed E-state index contributed by atoms with van der Waals surface area (Å²) in [6.07, 6.45) is 0.776. The smallest absolute Gasteiger partial charge is 0.192 e. The lowest BCUT2D eigenvalue weighted by molar-refractivity contribution is 0.112. The topological polar surface area (TPSA) is 26.3 Å². The maximum atomic E-state index is 10.8. The van der Waals surface area contributed by atoms with Crippen LogP contribution in [0.1, 0.15) is 36.7 Å². The van der Waals surface area contributed by atoms with Gasteiger partial charge in [-0.3, -0.25) is 4.79 Å². The van der Waals surface area contributed by atoms with Crippen molar-refractivity contribution in [2.75, 3.05) is 0 Å². The molecule has 0 heterocycles. The Hall–Kier alpha value is -0.643. The Balaban J connectivity index is 2.78. The summed E-state index contributed by atoms with van der Waals surface area (Å²) in [5, 5.41) is 0.675. The van der Waals surface area contributed by atoms with E-state index in [4.69, 9.17) is 16.0 Å².